The first-order valence-corrected chi connectivity index (χ1v) is 11.4. The summed E-state index contributed by atoms with van der Waals surface area (Å²) in [6, 6.07) is 16.2. The lowest BCUT2D eigenvalue weighted by Crippen LogP contribution is -2.25. The summed E-state index contributed by atoms with van der Waals surface area (Å²) in [6.07, 6.45) is 8.37. The van der Waals surface area contributed by atoms with Crippen LogP contribution in [-0.2, 0) is 16.1 Å². The number of carbonyl (C=O) groups excluding carboxylic acids is 2. The Bertz CT molecular complexity index is 974. The highest BCUT2D eigenvalue weighted by molar-refractivity contribution is 6.01. The van der Waals surface area contributed by atoms with Gasteiger partial charge in [0.15, 0.2) is 0 Å². The van der Waals surface area contributed by atoms with Crippen LogP contribution < -0.4 is 10.1 Å². The molecule has 2 aromatic rings. The van der Waals surface area contributed by atoms with Crippen LogP contribution in [0.4, 0.5) is 0 Å². The summed E-state index contributed by atoms with van der Waals surface area (Å²) in [5.74, 6) is -0.206. The molecule has 2 rings (SSSR count). The van der Waals surface area contributed by atoms with E-state index >= 15 is 0 Å². The van der Waals surface area contributed by atoms with Gasteiger partial charge in [-0.25, -0.2) is 4.79 Å². The lowest BCUT2D eigenvalue weighted by Gasteiger charge is -2.10. The molecule has 0 radical (unpaired) electrons. The van der Waals surface area contributed by atoms with Gasteiger partial charge in [0.25, 0.3) is 5.91 Å². The Kier molecular flexibility index (Phi) is 11.3. The normalized spacial score (nSPS) is 10.9. The number of carbonyl (C=O) groups is 2. The molecule has 0 unspecified atom stereocenters. The minimum atomic E-state index is -0.392. The number of hydrogen-bond acceptors (Lipinski definition) is 5. The molecule has 0 saturated heterocycles. The molecule has 0 spiro atoms. The molecule has 0 aliphatic heterocycles. The van der Waals surface area contributed by atoms with Crippen LogP contribution in [0.5, 0.6) is 5.75 Å². The quantitative estimate of drug-likeness (QED) is 0.191. The molecule has 1 amide bonds. The zero-order chi connectivity index (χ0) is 23.9. The van der Waals surface area contributed by atoms with Crippen molar-refractivity contribution in [2.45, 2.75) is 52.1 Å². The third kappa shape index (κ3) is 8.82. The molecule has 0 aliphatic carbocycles. The number of amides is 1. The predicted molar refractivity (Wildman–Crippen MR) is 129 cm³/mol. The molecule has 6 heteroatoms. The van der Waals surface area contributed by atoms with Crippen molar-refractivity contribution < 1.29 is 19.1 Å². The first kappa shape index (κ1) is 25.7. The second-order valence-corrected chi connectivity index (χ2v) is 7.71. The number of nitriles is 1. The van der Waals surface area contributed by atoms with Gasteiger partial charge in [0, 0.05) is 12.1 Å². The number of nitrogens with zero attached hydrogens (tertiary/aromatic N) is 1. The molecule has 0 aliphatic rings. The van der Waals surface area contributed by atoms with Crippen molar-refractivity contribution in [2.24, 2.45) is 0 Å². The molecule has 0 bridgehead atoms. The van der Waals surface area contributed by atoms with E-state index in [9.17, 15) is 14.9 Å². The zero-order valence-corrected chi connectivity index (χ0v) is 19.4. The summed E-state index contributed by atoms with van der Waals surface area (Å²) < 4.78 is 10.6. The molecule has 0 saturated carbocycles. The smallest absolute Gasteiger partial charge is 0.337 e. The third-order valence-electron chi connectivity index (χ3n) is 5.17. The van der Waals surface area contributed by atoms with Crippen LogP contribution in [0.25, 0.3) is 6.08 Å². The van der Waals surface area contributed by atoms with Gasteiger partial charge < -0.3 is 14.8 Å². The average Bonchev–Trinajstić information content (AvgIpc) is 2.85. The van der Waals surface area contributed by atoms with Crippen molar-refractivity contribution in [2.75, 3.05) is 13.7 Å². The average molecular weight is 449 g/mol. The maximum Gasteiger partial charge on any atom is 0.337 e. The SMILES string of the molecule is CCCCCCCCNC(=O)/C(C#N)=C/c1ccccc1OCc1ccc(C(=O)OC)cc1. The lowest BCUT2D eigenvalue weighted by atomic mass is 10.1. The Morgan fingerprint density at radius 1 is 1.00 bits per heavy atom. The summed E-state index contributed by atoms with van der Waals surface area (Å²) in [7, 11) is 1.34. The van der Waals surface area contributed by atoms with Gasteiger partial charge in [0.1, 0.15) is 24.0 Å². The molecule has 33 heavy (non-hydrogen) atoms. The molecule has 2 aromatic carbocycles. The second kappa shape index (κ2) is 14.5. The highest BCUT2D eigenvalue weighted by Crippen LogP contribution is 2.22. The van der Waals surface area contributed by atoms with Gasteiger partial charge in [-0.3, -0.25) is 4.79 Å². The van der Waals surface area contributed by atoms with E-state index in [-0.39, 0.29) is 18.1 Å². The Morgan fingerprint density at radius 3 is 2.39 bits per heavy atom. The lowest BCUT2D eigenvalue weighted by molar-refractivity contribution is -0.117. The first-order valence-electron chi connectivity index (χ1n) is 11.4. The fraction of sp³-hybridized carbons (Fsp3) is 0.370. The highest BCUT2D eigenvalue weighted by atomic mass is 16.5. The number of unbranched alkanes of at least 4 members (excludes halogenated alkanes) is 5. The summed E-state index contributed by atoms with van der Waals surface area (Å²) in [6.45, 7) is 3.02. The Labute approximate surface area is 196 Å². The third-order valence-corrected chi connectivity index (χ3v) is 5.17. The summed E-state index contributed by atoms with van der Waals surface area (Å²) in [5, 5.41) is 12.3. The van der Waals surface area contributed by atoms with Crippen LogP contribution in [0.3, 0.4) is 0 Å². The number of methoxy groups -OCH3 is 1. The topological polar surface area (TPSA) is 88.4 Å². The van der Waals surface area contributed by atoms with Crippen molar-refractivity contribution in [3.63, 3.8) is 0 Å². The van der Waals surface area contributed by atoms with E-state index < -0.39 is 5.97 Å². The maximum atomic E-state index is 12.4. The summed E-state index contributed by atoms with van der Waals surface area (Å²) in [4.78, 5) is 24.0. The number of rotatable bonds is 13. The highest BCUT2D eigenvalue weighted by Gasteiger charge is 2.11. The summed E-state index contributed by atoms with van der Waals surface area (Å²) >= 11 is 0. The van der Waals surface area contributed by atoms with E-state index in [0.717, 1.165) is 18.4 Å². The number of para-hydroxylation sites is 1. The Balaban J connectivity index is 1.96. The molecular formula is C27H32N2O4. The minimum Gasteiger partial charge on any atom is -0.488 e. The molecule has 0 atom stereocenters. The van der Waals surface area contributed by atoms with Gasteiger partial charge in [-0.1, -0.05) is 69.4 Å². The van der Waals surface area contributed by atoms with E-state index in [2.05, 4.69) is 12.2 Å². The Morgan fingerprint density at radius 2 is 1.70 bits per heavy atom. The van der Waals surface area contributed by atoms with Crippen LogP contribution in [-0.4, -0.2) is 25.5 Å². The number of hydrogen-bond donors (Lipinski definition) is 1. The van der Waals surface area contributed by atoms with Crippen molar-refractivity contribution in [1.29, 1.82) is 5.26 Å². The first-order chi connectivity index (χ1) is 16.1. The Hall–Kier alpha value is -3.59. The molecule has 174 valence electrons. The maximum absolute atomic E-state index is 12.4. The van der Waals surface area contributed by atoms with E-state index in [1.165, 1.54) is 32.8 Å². The number of esters is 1. The van der Waals surface area contributed by atoms with Crippen molar-refractivity contribution in [1.82, 2.24) is 5.32 Å². The van der Waals surface area contributed by atoms with Crippen LogP contribution in [0, 0.1) is 11.3 Å². The van der Waals surface area contributed by atoms with Crippen molar-refractivity contribution in [3.8, 4) is 11.8 Å². The van der Waals surface area contributed by atoms with Crippen LogP contribution >= 0.6 is 0 Å². The molecule has 0 aromatic heterocycles. The fourth-order valence-electron chi connectivity index (χ4n) is 3.25. The van der Waals surface area contributed by atoms with Crippen LogP contribution in [0.15, 0.2) is 54.1 Å². The van der Waals surface area contributed by atoms with Crippen LogP contribution in [0.2, 0.25) is 0 Å². The molecule has 0 fully saturated rings. The standard InChI is InChI=1S/C27H32N2O4/c1-3-4-5-6-7-10-17-29-26(30)24(19-28)18-23-11-8-9-12-25(23)33-20-21-13-15-22(16-14-21)27(31)32-2/h8-9,11-16,18H,3-7,10,17,20H2,1-2H3,(H,29,30)/b24-18+. The fourth-order valence-corrected chi connectivity index (χ4v) is 3.25. The van der Waals surface area contributed by atoms with E-state index in [1.807, 2.05) is 18.2 Å². The van der Waals surface area contributed by atoms with Gasteiger partial charge in [-0.05, 0) is 36.3 Å². The second-order valence-electron chi connectivity index (χ2n) is 7.71. The van der Waals surface area contributed by atoms with Crippen molar-refractivity contribution in [3.05, 3.63) is 70.8 Å². The van der Waals surface area contributed by atoms with E-state index in [1.54, 1.807) is 42.5 Å². The molecule has 0 heterocycles. The van der Waals surface area contributed by atoms with Crippen molar-refractivity contribution >= 4 is 18.0 Å². The van der Waals surface area contributed by atoms with Gasteiger partial charge in [0.05, 0.1) is 12.7 Å². The number of nitrogens with one attached hydrogen (secondary N) is 1. The molecule has 1 N–H and O–H groups in total. The predicted octanol–water partition coefficient (Wildman–Crippen LogP) is 5.44. The van der Waals surface area contributed by atoms with Gasteiger partial charge >= 0.3 is 5.97 Å². The minimum absolute atomic E-state index is 0.0412. The molecule has 6 nitrogen and oxygen atoms in total. The van der Waals surface area contributed by atoms with Crippen LogP contribution in [0.1, 0.15) is 66.9 Å². The summed E-state index contributed by atoms with van der Waals surface area (Å²) in [5.41, 5.74) is 2.03. The van der Waals surface area contributed by atoms with Gasteiger partial charge in [-0.15, -0.1) is 0 Å². The monoisotopic (exact) mass is 448 g/mol. The largest absolute Gasteiger partial charge is 0.488 e. The van der Waals surface area contributed by atoms with E-state index in [4.69, 9.17) is 9.47 Å². The number of benzene rings is 2. The van der Waals surface area contributed by atoms with Gasteiger partial charge in [-0.2, -0.15) is 5.26 Å². The zero-order valence-electron chi connectivity index (χ0n) is 19.4. The van der Waals surface area contributed by atoms with Gasteiger partial charge in [0.2, 0.25) is 0 Å². The number of ether oxygens (including phenoxy) is 2. The van der Waals surface area contributed by atoms with E-state index in [0.29, 0.717) is 23.4 Å². The molecular weight excluding hydrogens is 416 g/mol.